The fourth-order valence-corrected chi connectivity index (χ4v) is 3.51. The molecule has 8 heteroatoms. The van der Waals surface area contributed by atoms with E-state index in [4.69, 9.17) is 4.55 Å². The van der Waals surface area contributed by atoms with Crippen LogP contribution in [-0.4, -0.2) is 47.5 Å². The molecule has 22 heavy (non-hydrogen) atoms. The van der Waals surface area contributed by atoms with Crippen LogP contribution in [0.25, 0.3) is 20.8 Å². The van der Waals surface area contributed by atoms with Crippen molar-refractivity contribution in [3.8, 4) is 10.6 Å². The van der Waals surface area contributed by atoms with Crippen molar-refractivity contribution in [2.24, 2.45) is 0 Å². The fraction of sp³-hybridized carbons (Fsp3) is 0.0714. The van der Waals surface area contributed by atoms with E-state index in [1.165, 1.54) is 0 Å². The first-order chi connectivity index (χ1) is 9.92. The van der Waals surface area contributed by atoms with Crippen molar-refractivity contribution in [1.29, 1.82) is 0 Å². The first-order valence-electron chi connectivity index (χ1n) is 6.14. The van der Waals surface area contributed by atoms with E-state index >= 15 is 0 Å². The maximum atomic E-state index is 10.9. The van der Waals surface area contributed by atoms with Crippen LogP contribution in [0.2, 0.25) is 0 Å². The summed E-state index contributed by atoms with van der Waals surface area (Å²) in [5.74, 6) is 0. The van der Waals surface area contributed by atoms with Crippen LogP contribution in [0.4, 0.5) is 5.69 Å². The summed E-state index contributed by atoms with van der Waals surface area (Å²) in [4.78, 5) is 4.56. The Labute approximate surface area is 154 Å². The Kier molecular flexibility index (Phi) is 5.26. The van der Waals surface area contributed by atoms with Gasteiger partial charge in [-0.2, -0.15) is 8.42 Å². The minimum absolute atomic E-state index is 0. The van der Waals surface area contributed by atoms with Crippen LogP contribution < -0.4 is 4.72 Å². The Bertz CT molecular complexity index is 890. The first-order valence-corrected chi connectivity index (χ1v) is 8.40. The molecule has 0 unspecified atom stereocenters. The number of fused-ring (bicyclic) bond motifs is 1. The van der Waals surface area contributed by atoms with Crippen LogP contribution in [-0.2, 0) is 10.3 Å². The molecule has 3 aromatic rings. The quantitative estimate of drug-likeness (QED) is 0.566. The van der Waals surface area contributed by atoms with Gasteiger partial charge in [0.25, 0.3) is 0 Å². The molecule has 0 saturated heterocycles. The third kappa shape index (κ3) is 3.87. The van der Waals surface area contributed by atoms with Crippen molar-refractivity contribution in [3.63, 3.8) is 0 Å². The topological polar surface area (TPSA) is 79.3 Å². The van der Waals surface area contributed by atoms with Gasteiger partial charge in [-0.3, -0.25) is 9.27 Å². The van der Waals surface area contributed by atoms with Gasteiger partial charge in [0.2, 0.25) is 0 Å². The number of nitrogens with one attached hydrogen (secondary N) is 1. The van der Waals surface area contributed by atoms with Gasteiger partial charge >= 0.3 is 10.3 Å². The normalized spacial score (nSPS) is 11.2. The van der Waals surface area contributed by atoms with Crippen molar-refractivity contribution in [3.05, 3.63) is 48.0 Å². The van der Waals surface area contributed by atoms with Crippen molar-refractivity contribution in [2.75, 3.05) is 4.72 Å². The number of hydrogen-bond donors (Lipinski definition) is 2. The largest absolute Gasteiger partial charge is 0.357 e. The van der Waals surface area contributed by atoms with Crippen LogP contribution in [0.15, 0.2) is 42.5 Å². The van der Waals surface area contributed by atoms with Crippen molar-refractivity contribution in [1.82, 2.24) is 4.98 Å². The Hall–Kier alpha value is -0.960. The number of aryl methyl sites for hydroxylation is 1. The van der Waals surface area contributed by atoms with Gasteiger partial charge < -0.3 is 0 Å². The molecule has 0 atom stereocenters. The molecule has 3 rings (SSSR count). The molecule has 0 aliphatic rings. The zero-order valence-corrected chi connectivity index (χ0v) is 15.7. The standard InChI is InChI=1S/C14H12N2O3S2.Na/c1-9-8-10(6-7-11(9)16-21(17,18)19)14-15-12-4-2-3-5-13(12)20-14;/h2-8,16H,1H3,(H,17,18,19);. The van der Waals surface area contributed by atoms with Crippen LogP contribution in [0.3, 0.4) is 0 Å². The maximum Gasteiger partial charge on any atom is 0.357 e. The molecule has 0 fully saturated rings. The Morgan fingerprint density at radius 3 is 2.55 bits per heavy atom. The zero-order chi connectivity index (χ0) is 15.0. The molecule has 0 saturated carbocycles. The van der Waals surface area contributed by atoms with E-state index in [-0.39, 0.29) is 29.6 Å². The molecule has 109 valence electrons. The van der Waals surface area contributed by atoms with Crippen molar-refractivity contribution < 1.29 is 13.0 Å². The average Bonchev–Trinajstić information content (AvgIpc) is 2.83. The SMILES string of the molecule is Cc1cc(-c2nc3ccccc3s2)ccc1NS(=O)(=O)O.[Na]. The summed E-state index contributed by atoms with van der Waals surface area (Å²) in [6, 6.07) is 13.1. The molecule has 2 N–H and O–H groups in total. The number of rotatable bonds is 3. The van der Waals surface area contributed by atoms with E-state index in [0.29, 0.717) is 11.3 Å². The monoisotopic (exact) mass is 343 g/mol. The van der Waals surface area contributed by atoms with Crippen LogP contribution in [0.1, 0.15) is 5.56 Å². The number of anilines is 1. The molecule has 0 amide bonds. The molecule has 2 aromatic carbocycles. The van der Waals surface area contributed by atoms with E-state index in [9.17, 15) is 8.42 Å². The summed E-state index contributed by atoms with van der Waals surface area (Å²) in [5, 5.41) is 0.873. The van der Waals surface area contributed by atoms with Gasteiger partial charge in [0.15, 0.2) is 0 Å². The van der Waals surface area contributed by atoms with Gasteiger partial charge in [-0.1, -0.05) is 12.1 Å². The Balaban J connectivity index is 0.00000176. The van der Waals surface area contributed by atoms with Gasteiger partial charge in [-0.25, -0.2) is 4.98 Å². The molecule has 1 radical (unpaired) electrons. The number of nitrogens with zero attached hydrogens (tertiary/aromatic N) is 1. The molecule has 1 aromatic heterocycles. The molecule has 1 heterocycles. The summed E-state index contributed by atoms with van der Waals surface area (Å²) < 4.78 is 33.7. The van der Waals surface area contributed by atoms with Crippen LogP contribution in [0, 0.1) is 6.92 Å². The number of aromatic nitrogens is 1. The molecule has 5 nitrogen and oxygen atoms in total. The third-order valence-corrected chi connectivity index (χ3v) is 4.57. The van der Waals surface area contributed by atoms with E-state index in [2.05, 4.69) is 9.71 Å². The van der Waals surface area contributed by atoms with Gasteiger partial charge in [-0.15, -0.1) is 11.3 Å². The van der Waals surface area contributed by atoms with Gasteiger partial charge in [-0.05, 0) is 42.8 Å². The Morgan fingerprint density at radius 2 is 1.91 bits per heavy atom. The molecule has 0 aliphatic heterocycles. The molecule has 0 spiro atoms. The number of hydrogen-bond acceptors (Lipinski definition) is 4. The first kappa shape index (κ1) is 17.4. The molecular formula is C14H12N2NaO3S2. The van der Waals surface area contributed by atoms with E-state index < -0.39 is 10.3 Å². The summed E-state index contributed by atoms with van der Waals surface area (Å²) >= 11 is 1.58. The maximum absolute atomic E-state index is 10.9. The second-order valence-corrected chi connectivity index (χ2v) is 6.78. The molecule has 0 bridgehead atoms. The fourth-order valence-electron chi connectivity index (χ4n) is 2.05. The number of para-hydroxylation sites is 1. The number of benzene rings is 2. The Morgan fingerprint density at radius 1 is 1.18 bits per heavy atom. The minimum Gasteiger partial charge on any atom is -0.269 e. The van der Waals surface area contributed by atoms with Crippen molar-refractivity contribution in [2.45, 2.75) is 6.92 Å². The van der Waals surface area contributed by atoms with Gasteiger partial charge in [0.1, 0.15) is 5.01 Å². The van der Waals surface area contributed by atoms with E-state index in [0.717, 1.165) is 20.8 Å². The second-order valence-electron chi connectivity index (χ2n) is 4.59. The van der Waals surface area contributed by atoms with E-state index in [1.807, 2.05) is 30.3 Å². The average molecular weight is 343 g/mol. The summed E-state index contributed by atoms with van der Waals surface area (Å²) in [5.41, 5.74) is 2.91. The summed E-state index contributed by atoms with van der Waals surface area (Å²) in [6.45, 7) is 1.77. The third-order valence-electron chi connectivity index (χ3n) is 3.01. The number of thiazole rings is 1. The summed E-state index contributed by atoms with van der Waals surface area (Å²) in [6.07, 6.45) is 0. The molecule has 0 aliphatic carbocycles. The molecular weight excluding hydrogens is 331 g/mol. The predicted molar refractivity (Wildman–Crippen MR) is 90.7 cm³/mol. The minimum atomic E-state index is -4.26. The van der Waals surface area contributed by atoms with Crippen LogP contribution >= 0.6 is 11.3 Å². The predicted octanol–water partition coefficient (Wildman–Crippen LogP) is 3.11. The summed E-state index contributed by atoms with van der Waals surface area (Å²) in [7, 11) is -4.26. The van der Waals surface area contributed by atoms with Gasteiger partial charge in [0, 0.05) is 35.1 Å². The second kappa shape index (κ2) is 6.66. The zero-order valence-electron chi connectivity index (χ0n) is 12.1. The van der Waals surface area contributed by atoms with E-state index in [1.54, 1.807) is 30.4 Å². The smallest absolute Gasteiger partial charge is 0.269 e. The van der Waals surface area contributed by atoms with Gasteiger partial charge in [0.05, 0.1) is 15.9 Å². The van der Waals surface area contributed by atoms with Crippen LogP contribution in [0.5, 0.6) is 0 Å². The van der Waals surface area contributed by atoms with Crippen molar-refractivity contribution >= 4 is 67.1 Å².